The van der Waals surface area contributed by atoms with Crippen molar-refractivity contribution in [3.8, 4) is 11.5 Å². The minimum absolute atomic E-state index is 0.0918. The highest BCUT2D eigenvalue weighted by atomic mass is 16.5. The van der Waals surface area contributed by atoms with Crippen molar-refractivity contribution in [2.45, 2.75) is 18.4 Å². The molecule has 1 fully saturated rings. The highest BCUT2D eigenvalue weighted by Crippen LogP contribution is 2.36. The van der Waals surface area contributed by atoms with Crippen molar-refractivity contribution in [3.63, 3.8) is 0 Å². The summed E-state index contributed by atoms with van der Waals surface area (Å²) in [4.78, 5) is 11.3. The molecule has 2 N–H and O–H groups in total. The maximum atomic E-state index is 6.41. The van der Waals surface area contributed by atoms with E-state index in [1.54, 1.807) is 20.5 Å². The average molecular weight is 364 g/mol. The number of benzene rings is 2. The summed E-state index contributed by atoms with van der Waals surface area (Å²) in [6, 6.07) is 14.5. The maximum absolute atomic E-state index is 6.41. The van der Waals surface area contributed by atoms with Gasteiger partial charge in [0.05, 0.1) is 19.7 Å². The van der Waals surface area contributed by atoms with Crippen LogP contribution in [-0.4, -0.2) is 43.3 Å². The molecule has 6 heteroatoms. The fourth-order valence-electron chi connectivity index (χ4n) is 3.90. The number of anilines is 1. The van der Waals surface area contributed by atoms with Crippen LogP contribution in [0, 0.1) is 0 Å². The van der Waals surface area contributed by atoms with Crippen LogP contribution in [-0.2, 0) is 0 Å². The van der Waals surface area contributed by atoms with E-state index in [2.05, 4.69) is 39.1 Å². The summed E-state index contributed by atoms with van der Waals surface area (Å²) in [6.07, 6.45) is 2.57. The second kappa shape index (κ2) is 7.40. The zero-order valence-electron chi connectivity index (χ0n) is 15.6. The molecule has 2 aromatic carbocycles. The Bertz CT molecular complexity index is 932. The van der Waals surface area contributed by atoms with Gasteiger partial charge in [0.25, 0.3) is 0 Å². The highest BCUT2D eigenvalue weighted by molar-refractivity contribution is 5.92. The van der Waals surface area contributed by atoms with E-state index in [0.29, 0.717) is 17.4 Å². The van der Waals surface area contributed by atoms with Crippen molar-refractivity contribution in [2.75, 3.05) is 32.2 Å². The van der Waals surface area contributed by atoms with Crippen LogP contribution in [0.1, 0.15) is 17.9 Å². The Labute approximate surface area is 158 Å². The second-order valence-corrected chi connectivity index (χ2v) is 6.93. The molecule has 1 aromatic heterocycles. The van der Waals surface area contributed by atoms with Crippen LogP contribution in [0.3, 0.4) is 0 Å². The lowest BCUT2D eigenvalue weighted by Gasteiger charge is -2.37. The molecule has 2 heterocycles. The smallest absolute Gasteiger partial charge is 0.162 e. The fraction of sp³-hybridized carbons (Fsp3) is 0.333. The van der Waals surface area contributed by atoms with Crippen LogP contribution < -0.4 is 20.1 Å². The van der Waals surface area contributed by atoms with Gasteiger partial charge in [-0.05, 0) is 18.1 Å². The molecule has 0 unspecified atom stereocenters. The molecule has 0 saturated carbocycles. The first-order valence-corrected chi connectivity index (χ1v) is 9.11. The van der Waals surface area contributed by atoms with Gasteiger partial charge in [-0.1, -0.05) is 30.3 Å². The van der Waals surface area contributed by atoms with Gasteiger partial charge in [0.1, 0.15) is 12.1 Å². The number of methoxy groups -OCH3 is 2. The van der Waals surface area contributed by atoms with Gasteiger partial charge in [0, 0.05) is 36.5 Å². The third-order valence-electron chi connectivity index (χ3n) is 5.17. The van der Waals surface area contributed by atoms with Crippen molar-refractivity contribution < 1.29 is 9.47 Å². The number of fused-ring (bicyclic) bond motifs is 1. The molecule has 1 aliphatic heterocycles. The first-order valence-electron chi connectivity index (χ1n) is 9.11. The lowest BCUT2D eigenvalue weighted by atomic mass is 9.88. The van der Waals surface area contributed by atoms with Crippen LogP contribution in [0.4, 0.5) is 5.82 Å². The van der Waals surface area contributed by atoms with Gasteiger partial charge in [-0.25, -0.2) is 9.97 Å². The Kier molecular flexibility index (Phi) is 4.81. The summed E-state index contributed by atoms with van der Waals surface area (Å²) in [5.41, 5.74) is 8.55. The van der Waals surface area contributed by atoms with Crippen molar-refractivity contribution >= 4 is 16.7 Å². The summed E-state index contributed by atoms with van der Waals surface area (Å²) < 4.78 is 10.9. The fourth-order valence-corrected chi connectivity index (χ4v) is 3.90. The zero-order chi connectivity index (χ0) is 18.8. The Hall–Kier alpha value is -2.86. The van der Waals surface area contributed by atoms with Crippen LogP contribution in [0.5, 0.6) is 11.5 Å². The van der Waals surface area contributed by atoms with Gasteiger partial charge < -0.3 is 20.1 Å². The second-order valence-electron chi connectivity index (χ2n) is 6.93. The lowest BCUT2D eigenvalue weighted by Crippen LogP contribution is -2.46. The molecule has 0 amide bonds. The number of nitrogens with zero attached hydrogens (tertiary/aromatic N) is 3. The molecule has 1 saturated heterocycles. The number of hydrogen-bond acceptors (Lipinski definition) is 6. The number of hydrogen-bond donors (Lipinski definition) is 1. The predicted molar refractivity (Wildman–Crippen MR) is 107 cm³/mol. The van der Waals surface area contributed by atoms with Crippen LogP contribution in [0.2, 0.25) is 0 Å². The third kappa shape index (κ3) is 3.40. The molecule has 27 heavy (non-hydrogen) atoms. The monoisotopic (exact) mass is 364 g/mol. The van der Waals surface area contributed by atoms with Crippen molar-refractivity contribution in [1.82, 2.24) is 9.97 Å². The number of ether oxygens (including phenoxy) is 2. The van der Waals surface area contributed by atoms with E-state index in [1.165, 1.54) is 5.56 Å². The number of aromatic nitrogens is 2. The summed E-state index contributed by atoms with van der Waals surface area (Å²) in [5.74, 6) is 2.59. The molecule has 2 atom stereocenters. The van der Waals surface area contributed by atoms with Crippen LogP contribution in [0.15, 0.2) is 48.8 Å². The van der Waals surface area contributed by atoms with Gasteiger partial charge in [-0.3, -0.25) is 0 Å². The standard InChI is InChI=1S/C21H24N4O2/c1-26-19-9-17-18(10-20(19)27-2)23-13-24-21(17)25-11-15(8-16(22)12-25)14-6-4-3-5-7-14/h3-7,9-10,13,15-16H,8,11-12,22H2,1-2H3/t15-,16+/m1/s1. The minimum atomic E-state index is 0.0918. The molecule has 6 nitrogen and oxygen atoms in total. The first kappa shape index (κ1) is 17.5. The molecule has 3 aromatic rings. The summed E-state index contributed by atoms with van der Waals surface area (Å²) in [5, 5.41) is 0.941. The van der Waals surface area contributed by atoms with E-state index in [4.69, 9.17) is 15.2 Å². The van der Waals surface area contributed by atoms with Gasteiger partial charge in [-0.15, -0.1) is 0 Å². The molecular weight excluding hydrogens is 340 g/mol. The normalized spacial score (nSPS) is 19.9. The highest BCUT2D eigenvalue weighted by Gasteiger charge is 2.28. The third-order valence-corrected chi connectivity index (χ3v) is 5.17. The van der Waals surface area contributed by atoms with Gasteiger partial charge in [0.15, 0.2) is 11.5 Å². The van der Waals surface area contributed by atoms with Crippen LogP contribution >= 0.6 is 0 Å². The van der Waals surface area contributed by atoms with E-state index in [-0.39, 0.29) is 6.04 Å². The summed E-state index contributed by atoms with van der Waals surface area (Å²) in [7, 11) is 3.26. The Morgan fingerprint density at radius 2 is 1.74 bits per heavy atom. The molecule has 0 radical (unpaired) electrons. The van der Waals surface area contributed by atoms with E-state index >= 15 is 0 Å². The number of rotatable bonds is 4. The quantitative estimate of drug-likeness (QED) is 0.767. The van der Waals surface area contributed by atoms with Crippen molar-refractivity contribution in [1.29, 1.82) is 0 Å². The first-order chi connectivity index (χ1) is 13.2. The predicted octanol–water partition coefficient (Wildman–Crippen LogP) is 2.97. The SMILES string of the molecule is COc1cc2ncnc(N3C[C@@H](N)C[C@@H](c4ccccc4)C3)c2cc1OC. The van der Waals surface area contributed by atoms with Crippen LogP contribution in [0.25, 0.3) is 10.9 Å². The van der Waals surface area contributed by atoms with E-state index in [0.717, 1.165) is 36.2 Å². The molecule has 0 spiro atoms. The van der Waals surface area contributed by atoms with Gasteiger partial charge in [-0.2, -0.15) is 0 Å². The topological polar surface area (TPSA) is 73.5 Å². The lowest BCUT2D eigenvalue weighted by molar-refractivity contribution is 0.355. The average Bonchev–Trinajstić information content (AvgIpc) is 2.72. The molecular formula is C21H24N4O2. The summed E-state index contributed by atoms with van der Waals surface area (Å²) >= 11 is 0. The molecule has 140 valence electrons. The minimum Gasteiger partial charge on any atom is -0.493 e. The van der Waals surface area contributed by atoms with Gasteiger partial charge >= 0.3 is 0 Å². The Morgan fingerprint density at radius 3 is 2.48 bits per heavy atom. The van der Waals surface area contributed by atoms with E-state index < -0.39 is 0 Å². The number of piperidine rings is 1. The largest absolute Gasteiger partial charge is 0.493 e. The summed E-state index contributed by atoms with van der Waals surface area (Å²) in [6.45, 7) is 1.64. The number of nitrogens with two attached hydrogens (primary N) is 1. The Balaban J connectivity index is 1.74. The maximum Gasteiger partial charge on any atom is 0.162 e. The molecule has 0 bridgehead atoms. The van der Waals surface area contributed by atoms with E-state index in [1.807, 2.05) is 18.2 Å². The molecule has 0 aliphatic carbocycles. The zero-order valence-corrected chi connectivity index (χ0v) is 15.6. The van der Waals surface area contributed by atoms with Crippen molar-refractivity contribution in [2.24, 2.45) is 5.73 Å². The van der Waals surface area contributed by atoms with Gasteiger partial charge in [0.2, 0.25) is 0 Å². The molecule has 4 rings (SSSR count). The van der Waals surface area contributed by atoms with E-state index in [9.17, 15) is 0 Å². The molecule has 1 aliphatic rings. The van der Waals surface area contributed by atoms with Crippen molar-refractivity contribution in [3.05, 3.63) is 54.4 Å². The Morgan fingerprint density at radius 1 is 1.00 bits per heavy atom.